The molecule has 0 saturated carbocycles. The average molecular weight is 349 g/mol. The van der Waals surface area contributed by atoms with Gasteiger partial charge in [-0.1, -0.05) is 29.8 Å². The third-order valence-corrected chi connectivity index (χ3v) is 4.05. The van der Waals surface area contributed by atoms with Crippen LogP contribution in [0.3, 0.4) is 0 Å². The van der Waals surface area contributed by atoms with Crippen molar-refractivity contribution in [2.45, 2.75) is 6.92 Å². The van der Waals surface area contributed by atoms with E-state index in [0.717, 1.165) is 11.1 Å². The van der Waals surface area contributed by atoms with E-state index in [1.807, 2.05) is 30.3 Å². The van der Waals surface area contributed by atoms with Gasteiger partial charge in [-0.2, -0.15) is 5.26 Å². The number of nitriles is 1. The minimum atomic E-state index is -0.525. The number of fused-ring (bicyclic) bond motifs is 1. The fourth-order valence-corrected chi connectivity index (χ4v) is 2.44. The fourth-order valence-electron chi connectivity index (χ4n) is 2.27. The highest BCUT2D eigenvalue weighted by atomic mass is 35.5. The van der Waals surface area contributed by atoms with Crippen molar-refractivity contribution in [3.8, 4) is 6.07 Å². The van der Waals surface area contributed by atoms with Gasteiger partial charge in [-0.05, 0) is 42.8 Å². The van der Waals surface area contributed by atoms with Crippen molar-refractivity contribution >= 4 is 40.3 Å². The van der Waals surface area contributed by atoms with Gasteiger partial charge in [0.15, 0.2) is 0 Å². The first-order valence-corrected chi connectivity index (χ1v) is 7.86. The van der Waals surface area contributed by atoms with E-state index in [9.17, 15) is 10.1 Å². The summed E-state index contributed by atoms with van der Waals surface area (Å²) in [6, 6.07) is 14.5. The van der Waals surface area contributed by atoms with Crippen LogP contribution in [0.4, 0.5) is 5.69 Å². The van der Waals surface area contributed by atoms with E-state index in [2.05, 4.69) is 15.3 Å². The molecular weight excluding hydrogens is 336 g/mol. The summed E-state index contributed by atoms with van der Waals surface area (Å²) in [6.07, 6.45) is 2.94. The van der Waals surface area contributed by atoms with Crippen molar-refractivity contribution in [2.24, 2.45) is 0 Å². The number of aromatic nitrogens is 2. The van der Waals surface area contributed by atoms with Crippen LogP contribution in [-0.4, -0.2) is 15.9 Å². The molecule has 6 heteroatoms. The van der Waals surface area contributed by atoms with Gasteiger partial charge in [-0.15, -0.1) is 0 Å². The zero-order valence-corrected chi connectivity index (χ0v) is 14.1. The minimum Gasteiger partial charge on any atom is -0.321 e. The Morgan fingerprint density at radius 2 is 1.96 bits per heavy atom. The van der Waals surface area contributed by atoms with Crippen LogP contribution in [0, 0.1) is 18.3 Å². The summed E-state index contributed by atoms with van der Waals surface area (Å²) in [5.74, 6) is -0.525. The average Bonchev–Trinajstić information content (AvgIpc) is 2.63. The number of amides is 1. The summed E-state index contributed by atoms with van der Waals surface area (Å²) >= 11 is 6.05. The monoisotopic (exact) mass is 348 g/mol. The van der Waals surface area contributed by atoms with Crippen molar-refractivity contribution in [3.05, 3.63) is 70.5 Å². The predicted octanol–water partition coefficient (Wildman–Crippen LogP) is 4.14. The van der Waals surface area contributed by atoms with Crippen LogP contribution in [0.25, 0.3) is 17.1 Å². The first kappa shape index (κ1) is 16.6. The van der Waals surface area contributed by atoms with E-state index in [1.165, 1.54) is 12.3 Å². The van der Waals surface area contributed by atoms with Gasteiger partial charge < -0.3 is 5.32 Å². The number of hydrogen-bond acceptors (Lipinski definition) is 4. The maximum absolute atomic E-state index is 12.4. The van der Waals surface area contributed by atoms with Crippen molar-refractivity contribution < 1.29 is 4.79 Å². The molecule has 0 saturated heterocycles. The Bertz CT molecular complexity index is 1040. The SMILES string of the molecule is Cc1c(Cl)cccc1NC(=O)/C(C#N)=C/c1cnc2ccccc2n1. The van der Waals surface area contributed by atoms with E-state index in [0.29, 0.717) is 21.9 Å². The highest BCUT2D eigenvalue weighted by Gasteiger charge is 2.12. The van der Waals surface area contributed by atoms with E-state index in [4.69, 9.17) is 11.6 Å². The Hall–Kier alpha value is -3.23. The van der Waals surface area contributed by atoms with Crippen LogP contribution >= 0.6 is 11.6 Å². The van der Waals surface area contributed by atoms with Crippen LogP contribution in [0.15, 0.2) is 54.2 Å². The number of halogens is 1. The van der Waals surface area contributed by atoms with Gasteiger partial charge >= 0.3 is 0 Å². The molecule has 0 unspecified atom stereocenters. The number of nitrogens with zero attached hydrogens (tertiary/aromatic N) is 3. The van der Waals surface area contributed by atoms with Crippen molar-refractivity contribution in [1.29, 1.82) is 5.26 Å². The fraction of sp³-hybridized carbons (Fsp3) is 0.0526. The summed E-state index contributed by atoms with van der Waals surface area (Å²) in [7, 11) is 0. The van der Waals surface area contributed by atoms with Gasteiger partial charge in [0.05, 0.1) is 22.9 Å². The molecular formula is C19H13ClN4O. The molecule has 1 aromatic heterocycles. The van der Waals surface area contributed by atoms with Gasteiger partial charge in [0, 0.05) is 10.7 Å². The number of anilines is 1. The Labute approximate surface area is 149 Å². The van der Waals surface area contributed by atoms with Crippen LogP contribution in [-0.2, 0) is 4.79 Å². The number of carbonyl (C=O) groups is 1. The molecule has 3 aromatic rings. The predicted molar refractivity (Wildman–Crippen MR) is 97.9 cm³/mol. The number of para-hydroxylation sites is 2. The van der Waals surface area contributed by atoms with Gasteiger partial charge in [-0.3, -0.25) is 9.78 Å². The topological polar surface area (TPSA) is 78.7 Å². The molecule has 2 aromatic carbocycles. The third-order valence-electron chi connectivity index (χ3n) is 3.64. The van der Waals surface area contributed by atoms with Crippen molar-refractivity contribution in [2.75, 3.05) is 5.32 Å². The van der Waals surface area contributed by atoms with Crippen LogP contribution in [0.1, 0.15) is 11.3 Å². The highest BCUT2D eigenvalue weighted by molar-refractivity contribution is 6.31. The normalized spacial score (nSPS) is 11.2. The quantitative estimate of drug-likeness (QED) is 0.570. The standard InChI is InChI=1S/C19H13ClN4O/c1-12-15(20)5-4-8-16(12)24-19(25)13(10-21)9-14-11-22-17-6-2-3-7-18(17)23-14/h2-9,11H,1H3,(H,24,25)/b13-9+. The first-order chi connectivity index (χ1) is 12.1. The lowest BCUT2D eigenvalue weighted by molar-refractivity contribution is -0.112. The molecule has 0 fully saturated rings. The second kappa shape index (κ2) is 7.12. The molecule has 122 valence electrons. The lowest BCUT2D eigenvalue weighted by Gasteiger charge is -2.08. The Morgan fingerprint density at radius 1 is 1.20 bits per heavy atom. The number of rotatable bonds is 3. The largest absolute Gasteiger partial charge is 0.321 e. The number of carbonyl (C=O) groups excluding carboxylic acids is 1. The number of hydrogen-bond donors (Lipinski definition) is 1. The molecule has 0 spiro atoms. The molecule has 0 radical (unpaired) electrons. The maximum Gasteiger partial charge on any atom is 0.266 e. The van der Waals surface area contributed by atoms with Gasteiger partial charge in [0.25, 0.3) is 5.91 Å². The van der Waals surface area contributed by atoms with Gasteiger partial charge in [0.2, 0.25) is 0 Å². The first-order valence-electron chi connectivity index (χ1n) is 7.48. The molecule has 3 rings (SSSR count). The van der Waals surface area contributed by atoms with E-state index in [-0.39, 0.29) is 5.57 Å². The zero-order valence-electron chi connectivity index (χ0n) is 13.3. The molecule has 1 N–H and O–H groups in total. The Morgan fingerprint density at radius 3 is 2.72 bits per heavy atom. The van der Waals surface area contributed by atoms with Crippen molar-refractivity contribution in [3.63, 3.8) is 0 Å². The summed E-state index contributed by atoms with van der Waals surface area (Å²) in [5.41, 5.74) is 3.11. The van der Waals surface area contributed by atoms with Crippen LogP contribution in [0.5, 0.6) is 0 Å². The summed E-state index contributed by atoms with van der Waals surface area (Å²) < 4.78 is 0. The molecule has 0 aliphatic rings. The Kier molecular flexibility index (Phi) is 4.73. The molecule has 0 aliphatic heterocycles. The lowest BCUT2D eigenvalue weighted by atomic mass is 10.1. The number of nitrogens with one attached hydrogen (secondary N) is 1. The van der Waals surface area contributed by atoms with Gasteiger partial charge in [0.1, 0.15) is 11.6 Å². The molecule has 0 atom stereocenters. The molecule has 0 bridgehead atoms. The second-order valence-corrected chi connectivity index (χ2v) is 5.73. The highest BCUT2D eigenvalue weighted by Crippen LogP contribution is 2.23. The third kappa shape index (κ3) is 3.65. The smallest absolute Gasteiger partial charge is 0.266 e. The van der Waals surface area contributed by atoms with E-state index < -0.39 is 5.91 Å². The van der Waals surface area contributed by atoms with E-state index >= 15 is 0 Å². The maximum atomic E-state index is 12.4. The number of benzene rings is 2. The molecule has 1 heterocycles. The molecule has 1 amide bonds. The summed E-state index contributed by atoms with van der Waals surface area (Å²) in [6.45, 7) is 1.79. The van der Waals surface area contributed by atoms with Gasteiger partial charge in [-0.25, -0.2) is 4.98 Å². The van der Waals surface area contributed by atoms with E-state index in [1.54, 1.807) is 25.1 Å². The summed E-state index contributed by atoms with van der Waals surface area (Å²) in [5, 5.41) is 12.6. The molecule has 25 heavy (non-hydrogen) atoms. The minimum absolute atomic E-state index is 0.0658. The molecule has 0 aliphatic carbocycles. The van der Waals surface area contributed by atoms with Crippen molar-refractivity contribution in [1.82, 2.24) is 9.97 Å². The second-order valence-electron chi connectivity index (χ2n) is 5.32. The molecule has 5 nitrogen and oxygen atoms in total. The van der Waals surface area contributed by atoms with Crippen LogP contribution < -0.4 is 5.32 Å². The lowest BCUT2D eigenvalue weighted by Crippen LogP contribution is -2.14. The van der Waals surface area contributed by atoms with Crippen LogP contribution in [0.2, 0.25) is 5.02 Å². The summed E-state index contributed by atoms with van der Waals surface area (Å²) in [4.78, 5) is 21.0. The Balaban J connectivity index is 1.90. The zero-order chi connectivity index (χ0) is 17.8.